The van der Waals surface area contributed by atoms with E-state index in [-0.39, 0.29) is 30.7 Å². The van der Waals surface area contributed by atoms with Crippen molar-refractivity contribution in [3.63, 3.8) is 0 Å². The summed E-state index contributed by atoms with van der Waals surface area (Å²) < 4.78 is 24.5. The van der Waals surface area contributed by atoms with Gasteiger partial charge in [-0.1, -0.05) is 32.0 Å². The van der Waals surface area contributed by atoms with Crippen LogP contribution in [0.4, 0.5) is 0 Å². The number of hydrogen-bond acceptors (Lipinski definition) is 4. The molecule has 0 spiro atoms. The quantitative estimate of drug-likeness (QED) is 0.853. The zero-order valence-corrected chi connectivity index (χ0v) is 15.0. The van der Waals surface area contributed by atoms with E-state index in [4.69, 9.17) is 0 Å². The molecule has 1 fully saturated rings. The Balaban J connectivity index is 1.79. The molecule has 0 bridgehead atoms. The molecule has 5 nitrogen and oxygen atoms in total. The molecular weight excluding hydrogens is 324 g/mol. The number of amides is 1. The van der Waals surface area contributed by atoms with Crippen LogP contribution in [0.25, 0.3) is 10.9 Å². The summed E-state index contributed by atoms with van der Waals surface area (Å²) in [5, 5.41) is 0.476. The molecule has 0 atom stereocenters. The summed E-state index contributed by atoms with van der Waals surface area (Å²) in [4.78, 5) is 18.8. The second-order valence-corrected chi connectivity index (χ2v) is 9.21. The van der Waals surface area contributed by atoms with Crippen molar-refractivity contribution >= 4 is 26.6 Å². The van der Waals surface area contributed by atoms with Gasteiger partial charge in [0.1, 0.15) is 0 Å². The van der Waals surface area contributed by atoms with E-state index >= 15 is 0 Å². The molecule has 2 aromatic rings. The van der Waals surface area contributed by atoms with Crippen molar-refractivity contribution in [3.05, 3.63) is 41.6 Å². The Morgan fingerprint density at radius 1 is 1.25 bits per heavy atom. The maximum Gasteiger partial charge on any atom is 0.256 e. The number of fused-ring (bicyclic) bond motifs is 1. The molecule has 3 rings (SSSR count). The fourth-order valence-electron chi connectivity index (χ4n) is 3.02. The van der Waals surface area contributed by atoms with Crippen LogP contribution in [0, 0.1) is 12.8 Å². The van der Waals surface area contributed by atoms with Gasteiger partial charge in [0, 0.05) is 24.2 Å². The molecule has 0 radical (unpaired) electrons. The zero-order chi connectivity index (χ0) is 17.5. The molecule has 24 heavy (non-hydrogen) atoms. The molecular formula is C18H22N2O3S. The number of rotatable bonds is 4. The standard InChI is InChI=1S/C18H22N2O3S/c1-12(2)11-24(22,23)15-9-20(10-15)18(21)16-6-4-5-14-8-7-13(3)19-17(14)16/h4-8,12,15H,9-11H2,1-3H3. The van der Waals surface area contributed by atoms with Crippen LogP contribution in [0.2, 0.25) is 0 Å². The van der Waals surface area contributed by atoms with E-state index in [0.717, 1.165) is 11.1 Å². The molecule has 2 heterocycles. The lowest BCUT2D eigenvalue weighted by Crippen LogP contribution is -2.57. The van der Waals surface area contributed by atoms with Crippen LogP contribution in [-0.4, -0.2) is 48.3 Å². The Labute approximate surface area is 142 Å². The second kappa shape index (κ2) is 6.16. The van der Waals surface area contributed by atoms with Gasteiger partial charge in [0.15, 0.2) is 9.84 Å². The van der Waals surface area contributed by atoms with E-state index in [1.165, 1.54) is 0 Å². The van der Waals surface area contributed by atoms with Crippen LogP contribution in [0.15, 0.2) is 30.3 Å². The average Bonchev–Trinajstić information content (AvgIpc) is 2.42. The first-order chi connectivity index (χ1) is 11.3. The number of likely N-dealkylation sites (tertiary alicyclic amines) is 1. The van der Waals surface area contributed by atoms with E-state index in [2.05, 4.69) is 4.98 Å². The Hall–Kier alpha value is -1.95. The maximum atomic E-state index is 12.7. The summed E-state index contributed by atoms with van der Waals surface area (Å²) in [6.07, 6.45) is 0. The molecule has 0 saturated carbocycles. The van der Waals surface area contributed by atoms with Crippen LogP contribution in [-0.2, 0) is 9.84 Å². The highest BCUT2D eigenvalue weighted by Gasteiger charge is 2.40. The minimum atomic E-state index is -3.13. The van der Waals surface area contributed by atoms with Gasteiger partial charge in [0.2, 0.25) is 0 Å². The number of aryl methyl sites for hydroxylation is 1. The number of benzene rings is 1. The second-order valence-electron chi connectivity index (χ2n) is 6.89. The maximum absolute atomic E-state index is 12.7. The highest BCUT2D eigenvalue weighted by molar-refractivity contribution is 7.92. The SMILES string of the molecule is Cc1ccc2cccc(C(=O)N3CC(S(=O)(=O)CC(C)C)C3)c2n1. The Kier molecular flexibility index (Phi) is 4.34. The van der Waals surface area contributed by atoms with Crippen LogP contribution < -0.4 is 0 Å². The molecule has 6 heteroatoms. The fourth-order valence-corrected chi connectivity index (χ4v) is 5.03. The van der Waals surface area contributed by atoms with Crippen molar-refractivity contribution < 1.29 is 13.2 Å². The highest BCUT2D eigenvalue weighted by atomic mass is 32.2. The monoisotopic (exact) mass is 346 g/mol. The number of carbonyl (C=O) groups excluding carboxylic acids is 1. The molecule has 1 aromatic carbocycles. The molecule has 0 aliphatic carbocycles. The predicted octanol–water partition coefficient (Wildman–Crippen LogP) is 2.44. The van der Waals surface area contributed by atoms with E-state index in [9.17, 15) is 13.2 Å². The van der Waals surface area contributed by atoms with Gasteiger partial charge >= 0.3 is 0 Å². The third-order valence-corrected chi connectivity index (χ3v) is 6.74. The lowest BCUT2D eigenvalue weighted by atomic mass is 10.1. The minimum absolute atomic E-state index is 0.102. The molecule has 0 unspecified atom stereocenters. The topological polar surface area (TPSA) is 67.3 Å². The van der Waals surface area contributed by atoms with E-state index < -0.39 is 15.1 Å². The molecule has 1 saturated heterocycles. The lowest BCUT2D eigenvalue weighted by molar-refractivity contribution is 0.0660. The summed E-state index contributed by atoms with van der Waals surface area (Å²) in [5.41, 5.74) is 2.07. The van der Waals surface area contributed by atoms with Gasteiger partial charge in [0.25, 0.3) is 5.91 Å². The van der Waals surface area contributed by atoms with Gasteiger partial charge in [-0.25, -0.2) is 8.42 Å². The van der Waals surface area contributed by atoms with E-state index in [1.807, 2.05) is 45.0 Å². The summed E-state index contributed by atoms with van der Waals surface area (Å²) >= 11 is 0. The number of carbonyl (C=O) groups is 1. The van der Waals surface area contributed by atoms with Gasteiger partial charge < -0.3 is 4.90 Å². The van der Waals surface area contributed by atoms with Crippen molar-refractivity contribution in [1.29, 1.82) is 0 Å². The summed E-state index contributed by atoms with van der Waals surface area (Å²) in [6, 6.07) is 9.37. The van der Waals surface area contributed by atoms with Gasteiger partial charge in [-0.15, -0.1) is 0 Å². The number of para-hydroxylation sites is 1. The summed E-state index contributed by atoms with van der Waals surface area (Å²) in [5.74, 6) is 0.133. The number of pyridine rings is 1. The predicted molar refractivity (Wildman–Crippen MR) is 94.8 cm³/mol. The van der Waals surface area contributed by atoms with Crippen molar-refractivity contribution in [3.8, 4) is 0 Å². The molecule has 1 aliphatic rings. The number of nitrogens with zero attached hydrogens (tertiary/aromatic N) is 2. The first-order valence-electron chi connectivity index (χ1n) is 8.15. The molecule has 0 N–H and O–H groups in total. The zero-order valence-electron chi connectivity index (χ0n) is 14.2. The smallest absolute Gasteiger partial charge is 0.256 e. The Morgan fingerprint density at radius 2 is 1.96 bits per heavy atom. The van der Waals surface area contributed by atoms with E-state index in [1.54, 1.807) is 11.0 Å². The normalized spacial score (nSPS) is 15.8. The van der Waals surface area contributed by atoms with E-state index in [0.29, 0.717) is 11.1 Å². The average molecular weight is 346 g/mol. The van der Waals surface area contributed by atoms with Crippen molar-refractivity contribution in [1.82, 2.24) is 9.88 Å². The van der Waals surface area contributed by atoms with Crippen molar-refractivity contribution in [2.75, 3.05) is 18.8 Å². The van der Waals surface area contributed by atoms with Crippen LogP contribution in [0.3, 0.4) is 0 Å². The summed E-state index contributed by atoms with van der Waals surface area (Å²) in [6.45, 7) is 6.22. The fraction of sp³-hybridized carbons (Fsp3) is 0.444. The third kappa shape index (κ3) is 3.15. The van der Waals surface area contributed by atoms with Crippen molar-refractivity contribution in [2.24, 2.45) is 5.92 Å². The highest BCUT2D eigenvalue weighted by Crippen LogP contribution is 2.24. The molecule has 1 amide bonds. The Morgan fingerprint density at radius 3 is 2.62 bits per heavy atom. The van der Waals surface area contributed by atoms with Crippen LogP contribution in [0.5, 0.6) is 0 Å². The van der Waals surface area contributed by atoms with Gasteiger partial charge in [-0.2, -0.15) is 0 Å². The number of hydrogen-bond donors (Lipinski definition) is 0. The molecule has 128 valence electrons. The van der Waals surface area contributed by atoms with Gasteiger partial charge in [0.05, 0.1) is 22.1 Å². The molecule has 1 aromatic heterocycles. The number of aromatic nitrogens is 1. The first-order valence-corrected chi connectivity index (χ1v) is 9.86. The van der Waals surface area contributed by atoms with Gasteiger partial charge in [-0.05, 0) is 25.0 Å². The molecule has 1 aliphatic heterocycles. The lowest BCUT2D eigenvalue weighted by Gasteiger charge is -2.39. The minimum Gasteiger partial charge on any atom is -0.336 e. The largest absolute Gasteiger partial charge is 0.336 e. The first kappa shape index (κ1) is 16.9. The van der Waals surface area contributed by atoms with Gasteiger partial charge in [-0.3, -0.25) is 9.78 Å². The third-order valence-electron chi connectivity index (χ3n) is 4.30. The van der Waals surface area contributed by atoms with Crippen molar-refractivity contribution in [2.45, 2.75) is 26.0 Å². The number of sulfone groups is 1. The van der Waals surface area contributed by atoms with Crippen LogP contribution >= 0.6 is 0 Å². The van der Waals surface area contributed by atoms with Crippen LogP contribution in [0.1, 0.15) is 29.9 Å². The Bertz CT molecular complexity index is 884. The summed E-state index contributed by atoms with van der Waals surface area (Å²) in [7, 11) is -3.13.